The predicted molar refractivity (Wildman–Crippen MR) is 83.1 cm³/mol. The van der Waals surface area contributed by atoms with Gasteiger partial charge in [0.05, 0.1) is 5.69 Å². The first-order chi connectivity index (χ1) is 10.2. The van der Waals surface area contributed by atoms with E-state index in [-0.39, 0.29) is 11.1 Å². The number of anilines is 2. The van der Waals surface area contributed by atoms with E-state index in [0.717, 1.165) is 18.2 Å². The summed E-state index contributed by atoms with van der Waals surface area (Å²) in [5.74, 6) is -2.47. The molecule has 0 radical (unpaired) electrons. The summed E-state index contributed by atoms with van der Waals surface area (Å²) < 4.78 is 27.0. The summed E-state index contributed by atoms with van der Waals surface area (Å²) in [4.78, 5) is 10.2. The lowest BCUT2D eigenvalue weighted by molar-refractivity contribution is 0.0129. The molecule has 1 aliphatic rings. The Labute approximate surface area is 133 Å². The highest BCUT2D eigenvalue weighted by molar-refractivity contribution is 6.29. The molecule has 22 heavy (non-hydrogen) atoms. The van der Waals surface area contributed by atoms with Crippen molar-refractivity contribution >= 4 is 23.1 Å². The second-order valence-corrected chi connectivity index (χ2v) is 6.65. The fraction of sp³-hybridized carbons (Fsp3) is 0.375. The highest BCUT2D eigenvalue weighted by Gasteiger charge is 2.37. The number of alkyl halides is 2. The smallest absolute Gasteiger partial charge is 0.287 e. The van der Waals surface area contributed by atoms with Gasteiger partial charge in [-0.3, -0.25) is 0 Å². The van der Waals surface area contributed by atoms with Gasteiger partial charge in [-0.15, -0.1) is 0 Å². The molecule has 0 aromatic carbocycles. The summed E-state index contributed by atoms with van der Waals surface area (Å²) in [5.41, 5.74) is 1.51. The van der Waals surface area contributed by atoms with Crippen LogP contribution in [0.2, 0.25) is 5.15 Å². The lowest BCUT2D eigenvalue weighted by Crippen LogP contribution is -2.26. The monoisotopic (exact) mass is 323 g/mol. The summed E-state index contributed by atoms with van der Waals surface area (Å²) in [6.45, 7) is 5.65. The van der Waals surface area contributed by atoms with E-state index in [9.17, 15) is 8.78 Å². The molecule has 0 saturated carbocycles. The van der Waals surface area contributed by atoms with Crippen molar-refractivity contribution in [3.8, 4) is 0 Å². The van der Waals surface area contributed by atoms with Gasteiger partial charge in [-0.05, 0) is 18.2 Å². The molecule has 2 aromatic rings. The maximum absolute atomic E-state index is 13.5. The van der Waals surface area contributed by atoms with Crippen molar-refractivity contribution in [2.24, 2.45) is 0 Å². The van der Waals surface area contributed by atoms with Crippen molar-refractivity contribution < 1.29 is 8.78 Å². The molecule has 0 fully saturated rings. The van der Waals surface area contributed by atoms with Crippen molar-refractivity contribution in [1.29, 1.82) is 0 Å². The Balaban J connectivity index is 2.10. The zero-order valence-electron chi connectivity index (χ0n) is 12.6. The molecule has 116 valence electrons. The van der Waals surface area contributed by atoms with E-state index in [4.69, 9.17) is 11.6 Å². The van der Waals surface area contributed by atoms with Crippen molar-refractivity contribution in [3.05, 3.63) is 46.9 Å². The number of nitrogens with zero attached hydrogens (tertiary/aromatic N) is 3. The Kier molecular flexibility index (Phi) is 3.36. The highest BCUT2D eigenvalue weighted by Crippen LogP contribution is 2.44. The summed E-state index contributed by atoms with van der Waals surface area (Å²) in [7, 11) is 0. The van der Waals surface area contributed by atoms with Crippen molar-refractivity contribution in [1.82, 2.24) is 9.97 Å². The molecule has 0 saturated heterocycles. The Hall–Kier alpha value is -1.75. The first-order valence-electron chi connectivity index (χ1n) is 6.97. The number of pyridine rings is 2. The van der Waals surface area contributed by atoms with Crippen LogP contribution in [0.1, 0.15) is 32.0 Å². The van der Waals surface area contributed by atoms with Crippen LogP contribution in [0.25, 0.3) is 0 Å². The number of aromatic nitrogens is 2. The van der Waals surface area contributed by atoms with Gasteiger partial charge in [0.1, 0.15) is 16.7 Å². The molecular formula is C16H16ClF2N3. The van der Waals surface area contributed by atoms with Crippen LogP contribution in [0.5, 0.6) is 0 Å². The van der Waals surface area contributed by atoms with Gasteiger partial charge < -0.3 is 4.90 Å². The molecule has 3 nitrogen and oxygen atoms in total. The van der Waals surface area contributed by atoms with E-state index in [1.807, 2.05) is 4.90 Å². The molecule has 1 aliphatic heterocycles. The van der Waals surface area contributed by atoms with E-state index < -0.39 is 5.92 Å². The average molecular weight is 324 g/mol. The van der Waals surface area contributed by atoms with E-state index in [1.165, 1.54) is 6.07 Å². The van der Waals surface area contributed by atoms with Crippen LogP contribution in [0.4, 0.5) is 20.3 Å². The minimum absolute atomic E-state index is 0.153. The molecule has 0 N–H and O–H groups in total. The molecular weight excluding hydrogens is 308 g/mol. The highest BCUT2D eigenvalue weighted by atomic mass is 35.5. The van der Waals surface area contributed by atoms with Gasteiger partial charge in [-0.25, -0.2) is 9.97 Å². The second kappa shape index (κ2) is 4.88. The first kappa shape index (κ1) is 15.2. The van der Waals surface area contributed by atoms with Crippen molar-refractivity contribution in [2.75, 3.05) is 11.4 Å². The van der Waals surface area contributed by atoms with E-state index in [1.54, 1.807) is 24.4 Å². The van der Waals surface area contributed by atoms with Crippen LogP contribution >= 0.6 is 11.6 Å². The van der Waals surface area contributed by atoms with Gasteiger partial charge in [0.25, 0.3) is 5.92 Å². The maximum Gasteiger partial charge on any atom is 0.287 e. The van der Waals surface area contributed by atoms with Crippen molar-refractivity contribution in [3.63, 3.8) is 0 Å². The van der Waals surface area contributed by atoms with Gasteiger partial charge in [0.2, 0.25) is 0 Å². The third-order valence-electron chi connectivity index (χ3n) is 3.88. The molecule has 3 rings (SSSR count). The van der Waals surface area contributed by atoms with Crippen LogP contribution in [0.15, 0.2) is 30.5 Å². The predicted octanol–water partition coefficient (Wildman–Crippen LogP) is 4.67. The van der Waals surface area contributed by atoms with Crippen LogP contribution in [-0.4, -0.2) is 16.5 Å². The summed E-state index contributed by atoms with van der Waals surface area (Å²) >= 11 is 5.99. The fourth-order valence-corrected chi connectivity index (χ4v) is 2.91. The van der Waals surface area contributed by atoms with Gasteiger partial charge in [-0.1, -0.05) is 31.5 Å². The number of hydrogen-bond acceptors (Lipinski definition) is 3. The zero-order valence-corrected chi connectivity index (χ0v) is 13.3. The lowest BCUT2D eigenvalue weighted by Gasteiger charge is -2.22. The number of halogens is 3. The quantitative estimate of drug-likeness (QED) is 0.752. The Bertz CT molecular complexity index is 726. The molecule has 6 heteroatoms. The minimum Gasteiger partial charge on any atom is -0.325 e. The maximum atomic E-state index is 13.5. The first-order valence-corrected chi connectivity index (χ1v) is 7.35. The number of fused-ring (bicyclic) bond motifs is 1. The molecule has 0 aliphatic carbocycles. The van der Waals surface area contributed by atoms with Crippen LogP contribution in [0, 0.1) is 0 Å². The Morgan fingerprint density at radius 2 is 2.05 bits per heavy atom. The average Bonchev–Trinajstić information content (AvgIpc) is 2.69. The molecule has 0 atom stereocenters. The van der Waals surface area contributed by atoms with E-state index in [0.29, 0.717) is 17.5 Å². The minimum atomic E-state index is -2.97. The summed E-state index contributed by atoms with van der Waals surface area (Å²) in [6, 6.07) is 6.42. The molecule has 0 unspecified atom stereocenters. The van der Waals surface area contributed by atoms with Crippen LogP contribution in [0.3, 0.4) is 0 Å². The van der Waals surface area contributed by atoms with Gasteiger partial charge in [0, 0.05) is 30.6 Å². The van der Waals surface area contributed by atoms with Gasteiger partial charge in [0.15, 0.2) is 0 Å². The lowest BCUT2D eigenvalue weighted by atomic mass is 9.88. The third-order valence-corrected chi connectivity index (χ3v) is 4.09. The zero-order chi connectivity index (χ0) is 16.1. The van der Waals surface area contributed by atoms with Gasteiger partial charge >= 0.3 is 0 Å². The SMILES string of the molecule is CC(F)(F)c1cccc(N2CC(C)(C)c3cnc(Cl)cc32)n1. The molecule has 0 bridgehead atoms. The molecule has 0 amide bonds. The number of hydrogen-bond donors (Lipinski definition) is 0. The standard InChI is InChI=1S/C16H16ClF2N3/c1-15(2)9-22(11-7-13(17)20-8-10(11)15)14-6-4-5-12(21-14)16(3,18)19/h4-8H,9H2,1-3H3. The molecule has 2 aromatic heterocycles. The third kappa shape index (κ3) is 2.54. The normalized spacial score (nSPS) is 16.7. The number of rotatable bonds is 2. The van der Waals surface area contributed by atoms with Gasteiger partial charge in [-0.2, -0.15) is 8.78 Å². The van der Waals surface area contributed by atoms with E-state index in [2.05, 4.69) is 23.8 Å². The Morgan fingerprint density at radius 3 is 2.73 bits per heavy atom. The van der Waals surface area contributed by atoms with Crippen LogP contribution < -0.4 is 4.90 Å². The fourth-order valence-electron chi connectivity index (χ4n) is 2.75. The largest absolute Gasteiger partial charge is 0.325 e. The summed E-state index contributed by atoms with van der Waals surface area (Å²) in [5, 5.41) is 0.374. The topological polar surface area (TPSA) is 29.0 Å². The second-order valence-electron chi connectivity index (χ2n) is 6.26. The Morgan fingerprint density at radius 1 is 1.32 bits per heavy atom. The van der Waals surface area contributed by atoms with Crippen LogP contribution in [-0.2, 0) is 11.3 Å². The van der Waals surface area contributed by atoms with Crippen molar-refractivity contribution in [2.45, 2.75) is 32.1 Å². The van der Waals surface area contributed by atoms with E-state index >= 15 is 0 Å². The summed E-state index contributed by atoms with van der Waals surface area (Å²) in [6.07, 6.45) is 1.75. The molecule has 3 heterocycles. The molecule has 0 spiro atoms.